The van der Waals surface area contributed by atoms with E-state index in [0.717, 1.165) is 19.3 Å². The molecular weight excluding hydrogens is 296 g/mol. The number of esters is 1. The zero-order chi connectivity index (χ0) is 16.8. The molecule has 0 unspecified atom stereocenters. The standard InChI is InChI=1S/C17H22N2O4/c1-3-10-23-17(20)13-8-9-15(16(11-13)19(21)22)18-14-7-5-4-6-12(14)2/h3,8-9,11-12,14,18H,1,4-7,10H2,2H3/t12-,14+/m1/s1. The predicted molar refractivity (Wildman–Crippen MR) is 88.6 cm³/mol. The molecule has 124 valence electrons. The number of carbonyl (C=O) groups is 1. The van der Waals surface area contributed by atoms with Gasteiger partial charge in [-0.2, -0.15) is 0 Å². The van der Waals surface area contributed by atoms with E-state index < -0.39 is 10.9 Å². The summed E-state index contributed by atoms with van der Waals surface area (Å²) in [5.74, 6) is -0.119. The number of nitrogens with one attached hydrogen (secondary N) is 1. The minimum absolute atomic E-state index is 0.0756. The van der Waals surface area contributed by atoms with E-state index in [9.17, 15) is 14.9 Å². The molecule has 0 radical (unpaired) electrons. The van der Waals surface area contributed by atoms with E-state index in [4.69, 9.17) is 4.74 Å². The fourth-order valence-electron chi connectivity index (χ4n) is 2.88. The number of anilines is 1. The zero-order valence-corrected chi connectivity index (χ0v) is 13.3. The Balaban J connectivity index is 2.20. The molecule has 0 amide bonds. The summed E-state index contributed by atoms with van der Waals surface area (Å²) >= 11 is 0. The Kier molecular flexibility index (Phi) is 5.73. The first-order valence-corrected chi connectivity index (χ1v) is 7.86. The lowest BCUT2D eigenvalue weighted by Gasteiger charge is -2.30. The highest BCUT2D eigenvalue weighted by molar-refractivity contribution is 5.91. The lowest BCUT2D eigenvalue weighted by atomic mass is 9.86. The Morgan fingerprint density at radius 2 is 2.22 bits per heavy atom. The van der Waals surface area contributed by atoms with Gasteiger partial charge in [0, 0.05) is 12.1 Å². The maximum Gasteiger partial charge on any atom is 0.338 e. The molecule has 6 heteroatoms. The van der Waals surface area contributed by atoms with Crippen LogP contribution in [0.2, 0.25) is 0 Å². The number of nitro groups is 1. The normalized spacial score (nSPS) is 20.6. The minimum Gasteiger partial charge on any atom is -0.458 e. The van der Waals surface area contributed by atoms with E-state index in [1.54, 1.807) is 12.1 Å². The number of nitro benzene ring substituents is 1. The van der Waals surface area contributed by atoms with Crippen molar-refractivity contribution in [2.24, 2.45) is 5.92 Å². The van der Waals surface area contributed by atoms with Gasteiger partial charge in [0.1, 0.15) is 12.3 Å². The molecule has 1 aliphatic carbocycles. The third-order valence-corrected chi connectivity index (χ3v) is 4.21. The molecule has 2 rings (SSSR count). The topological polar surface area (TPSA) is 81.5 Å². The van der Waals surface area contributed by atoms with E-state index in [2.05, 4.69) is 18.8 Å². The van der Waals surface area contributed by atoms with Crippen LogP contribution in [0.25, 0.3) is 0 Å². The molecule has 0 aromatic heterocycles. The van der Waals surface area contributed by atoms with Crippen molar-refractivity contribution in [1.29, 1.82) is 0 Å². The quantitative estimate of drug-likeness (QED) is 0.372. The van der Waals surface area contributed by atoms with E-state index in [1.807, 2.05) is 0 Å². The fourth-order valence-corrected chi connectivity index (χ4v) is 2.88. The van der Waals surface area contributed by atoms with Crippen LogP contribution in [0.3, 0.4) is 0 Å². The summed E-state index contributed by atoms with van der Waals surface area (Å²) in [6.07, 6.45) is 5.91. The van der Waals surface area contributed by atoms with Crippen LogP contribution < -0.4 is 5.32 Å². The van der Waals surface area contributed by atoms with Gasteiger partial charge >= 0.3 is 5.97 Å². The van der Waals surface area contributed by atoms with Crippen molar-refractivity contribution in [2.75, 3.05) is 11.9 Å². The molecule has 1 aromatic carbocycles. The van der Waals surface area contributed by atoms with Gasteiger partial charge in [0.25, 0.3) is 5.69 Å². The summed E-state index contributed by atoms with van der Waals surface area (Å²) in [5.41, 5.74) is 0.519. The first kappa shape index (κ1) is 17.0. The largest absolute Gasteiger partial charge is 0.458 e. The Hall–Kier alpha value is -2.37. The average Bonchev–Trinajstić information content (AvgIpc) is 2.54. The van der Waals surface area contributed by atoms with Gasteiger partial charge < -0.3 is 10.1 Å². The fraction of sp³-hybridized carbons (Fsp3) is 0.471. The lowest BCUT2D eigenvalue weighted by molar-refractivity contribution is -0.384. The number of hydrogen-bond acceptors (Lipinski definition) is 5. The average molecular weight is 318 g/mol. The Bertz CT molecular complexity index is 600. The first-order chi connectivity index (χ1) is 11.0. The van der Waals surface area contributed by atoms with Crippen LogP contribution >= 0.6 is 0 Å². The minimum atomic E-state index is -0.592. The second-order valence-corrected chi connectivity index (χ2v) is 5.89. The van der Waals surface area contributed by atoms with Gasteiger partial charge in [0.05, 0.1) is 10.5 Å². The molecule has 2 atom stereocenters. The van der Waals surface area contributed by atoms with E-state index in [-0.39, 0.29) is 23.9 Å². The van der Waals surface area contributed by atoms with Crippen molar-refractivity contribution >= 4 is 17.3 Å². The molecule has 1 fully saturated rings. The van der Waals surface area contributed by atoms with Crippen molar-refractivity contribution in [3.63, 3.8) is 0 Å². The molecule has 23 heavy (non-hydrogen) atoms. The number of hydrogen-bond donors (Lipinski definition) is 1. The molecule has 0 aliphatic heterocycles. The second kappa shape index (κ2) is 7.76. The summed E-state index contributed by atoms with van der Waals surface area (Å²) < 4.78 is 4.92. The lowest BCUT2D eigenvalue weighted by Crippen LogP contribution is -2.30. The van der Waals surface area contributed by atoms with Crippen molar-refractivity contribution in [3.05, 3.63) is 46.5 Å². The highest BCUT2D eigenvalue weighted by Crippen LogP contribution is 2.31. The van der Waals surface area contributed by atoms with Crippen LogP contribution in [0.1, 0.15) is 43.0 Å². The molecule has 6 nitrogen and oxygen atoms in total. The smallest absolute Gasteiger partial charge is 0.338 e. The molecule has 0 saturated heterocycles. The number of carbonyl (C=O) groups excluding carboxylic acids is 1. The van der Waals surface area contributed by atoms with Crippen LogP contribution in [-0.2, 0) is 4.74 Å². The van der Waals surface area contributed by atoms with Crippen LogP contribution in [0, 0.1) is 16.0 Å². The molecule has 0 heterocycles. The first-order valence-electron chi connectivity index (χ1n) is 7.86. The van der Waals surface area contributed by atoms with Crippen molar-refractivity contribution < 1.29 is 14.5 Å². The number of nitrogens with zero attached hydrogens (tertiary/aromatic N) is 1. The monoisotopic (exact) mass is 318 g/mol. The zero-order valence-electron chi connectivity index (χ0n) is 13.3. The van der Waals surface area contributed by atoms with Crippen molar-refractivity contribution in [2.45, 2.75) is 38.6 Å². The second-order valence-electron chi connectivity index (χ2n) is 5.89. The van der Waals surface area contributed by atoms with Gasteiger partial charge in [-0.1, -0.05) is 32.4 Å². The van der Waals surface area contributed by atoms with Crippen LogP contribution in [0.15, 0.2) is 30.9 Å². The van der Waals surface area contributed by atoms with Gasteiger partial charge in [0.15, 0.2) is 0 Å². The summed E-state index contributed by atoms with van der Waals surface area (Å²) in [6, 6.07) is 4.63. The van der Waals surface area contributed by atoms with Gasteiger partial charge in [-0.05, 0) is 30.9 Å². The Morgan fingerprint density at radius 3 is 2.87 bits per heavy atom. The molecule has 0 bridgehead atoms. The van der Waals surface area contributed by atoms with Crippen molar-refractivity contribution in [3.8, 4) is 0 Å². The van der Waals surface area contributed by atoms with Crippen LogP contribution in [0.4, 0.5) is 11.4 Å². The molecule has 1 aliphatic rings. The molecular formula is C17H22N2O4. The van der Waals surface area contributed by atoms with Gasteiger partial charge in [-0.25, -0.2) is 4.79 Å². The van der Waals surface area contributed by atoms with Crippen LogP contribution in [0.5, 0.6) is 0 Å². The Morgan fingerprint density at radius 1 is 1.48 bits per heavy atom. The maximum absolute atomic E-state index is 11.8. The number of benzene rings is 1. The number of ether oxygens (including phenoxy) is 1. The van der Waals surface area contributed by atoms with Crippen molar-refractivity contribution in [1.82, 2.24) is 0 Å². The molecule has 0 spiro atoms. The van der Waals surface area contributed by atoms with Crippen LogP contribution in [-0.4, -0.2) is 23.5 Å². The summed E-state index contributed by atoms with van der Waals surface area (Å²) in [5, 5.41) is 14.6. The number of rotatable bonds is 6. The third-order valence-electron chi connectivity index (χ3n) is 4.21. The van der Waals surface area contributed by atoms with E-state index in [0.29, 0.717) is 11.6 Å². The third kappa shape index (κ3) is 4.31. The molecule has 1 aromatic rings. The van der Waals surface area contributed by atoms with E-state index in [1.165, 1.54) is 18.6 Å². The maximum atomic E-state index is 11.8. The SMILES string of the molecule is C=CCOC(=O)c1ccc(N[C@H]2CCCC[C@H]2C)c([N+](=O)[O-])c1. The molecule has 1 saturated carbocycles. The molecule has 1 N–H and O–H groups in total. The summed E-state index contributed by atoms with van der Waals surface area (Å²) in [7, 11) is 0. The highest BCUT2D eigenvalue weighted by Gasteiger charge is 2.25. The van der Waals surface area contributed by atoms with E-state index >= 15 is 0 Å². The summed E-state index contributed by atoms with van der Waals surface area (Å²) in [4.78, 5) is 22.7. The van der Waals surface area contributed by atoms with Gasteiger partial charge in [-0.15, -0.1) is 0 Å². The summed E-state index contributed by atoms with van der Waals surface area (Å²) in [6.45, 7) is 5.69. The highest BCUT2D eigenvalue weighted by atomic mass is 16.6. The van der Waals surface area contributed by atoms with Gasteiger partial charge in [0.2, 0.25) is 0 Å². The van der Waals surface area contributed by atoms with Gasteiger partial charge in [-0.3, -0.25) is 10.1 Å². The Labute approximate surface area is 135 Å². The predicted octanol–water partition coefficient (Wildman–Crippen LogP) is 3.93.